The number of amides is 2. The van der Waals surface area contributed by atoms with E-state index >= 15 is 0 Å². The zero-order valence-electron chi connectivity index (χ0n) is 20.5. The highest BCUT2D eigenvalue weighted by molar-refractivity contribution is 7.98. The van der Waals surface area contributed by atoms with E-state index in [4.69, 9.17) is 4.74 Å². The Morgan fingerprint density at radius 1 is 1.03 bits per heavy atom. The number of carbonyl (C=O) groups excluding carboxylic acids is 2. The number of carbonyl (C=O) groups is 3. The van der Waals surface area contributed by atoms with Crippen molar-refractivity contribution >= 4 is 29.7 Å². The number of carboxylic acids is 1. The number of aliphatic carboxylic acids is 1. The van der Waals surface area contributed by atoms with Gasteiger partial charge in [0.15, 0.2) is 0 Å². The van der Waals surface area contributed by atoms with Crippen molar-refractivity contribution in [2.24, 2.45) is 11.8 Å². The summed E-state index contributed by atoms with van der Waals surface area (Å²) in [4.78, 5) is 36.9. The Hall–Kier alpha value is -3.00. The van der Waals surface area contributed by atoms with E-state index in [2.05, 4.69) is 34.9 Å². The molecule has 0 bridgehead atoms. The topological polar surface area (TPSA) is 105 Å². The number of hydrogen-bond donors (Lipinski definition) is 3. The quantitative estimate of drug-likeness (QED) is 0.398. The summed E-state index contributed by atoms with van der Waals surface area (Å²) >= 11 is 1.53. The number of hydrogen-bond acceptors (Lipinski definition) is 5. The first-order valence-corrected chi connectivity index (χ1v) is 13.3. The molecule has 3 rings (SSSR count). The molecule has 1 aliphatic carbocycles. The monoisotopic (exact) mass is 498 g/mol. The first-order chi connectivity index (χ1) is 16.8. The van der Waals surface area contributed by atoms with Gasteiger partial charge in [-0.2, -0.15) is 11.8 Å². The van der Waals surface area contributed by atoms with E-state index in [1.54, 1.807) is 0 Å². The molecule has 2 unspecified atom stereocenters. The number of fused-ring (bicyclic) bond motifs is 3. The maximum atomic E-state index is 12.8. The summed E-state index contributed by atoms with van der Waals surface area (Å²) in [6, 6.07) is 15.3. The molecular weight excluding hydrogens is 464 g/mol. The van der Waals surface area contributed by atoms with Crippen LogP contribution in [0.2, 0.25) is 0 Å². The Bertz CT molecular complexity index is 996. The van der Waals surface area contributed by atoms with Crippen LogP contribution in [-0.4, -0.2) is 54.3 Å². The molecule has 0 aliphatic heterocycles. The largest absolute Gasteiger partial charge is 0.480 e. The molecule has 0 saturated heterocycles. The molecule has 0 fully saturated rings. The van der Waals surface area contributed by atoms with Crippen LogP contribution in [0.15, 0.2) is 48.5 Å². The number of benzene rings is 2. The van der Waals surface area contributed by atoms with Gasteiger partial charge < -0.3 is 20.5 Å². The molecule has 0 spiro atoms. The second kappa shape index (κ2) is 12.6. The average Bonchev–Trinajstić information content (AvgIpc) is 3.16. The molecule has 8 heteroatoms. The zero-order chi connectivity index (χ0) is 25.4. The van der Waals surface area contributed by atoms with Crippen molar-refractivity contribution in [1.82, 2.24) is 10.6 Å². The normalized spacial score (nSPS) is 14.1. The first kappa shape index (κ1) is 26.6. The number of alkyl carbamates (subject to hydrolysis) is 1. The van der Waals surface area contributed by atoms with Gasteiger partial charge in [0.1, 0.15) is 12.6 Å². The van der Waals surface area contributed by atoms with Crippen LogP contribution in [0.3, 0.4) is 0 Å². The van der Waals surface area contributed by atoms with Gasteiger partial charge in [0.2, 0.25) is 5.91 Å². The second-order valence-electron chi connectivity index (χ2n) is 9.21. The van der Waals surface area contributed by atoms with Gasteiger partial charge in [0, 0.05) is 12.5 Å². The van der Waals surface area contributed by atoms with Crippen molar-refractivity contribution in [3.63, 3.8) is 0 Å². The molecule has 1 aliphatic rings. The summed E-state index contributed by atoms with van der Waals surface area (Å²) in [5.41, 5.74) is 4.56. The molecule has 2 amide bonds. The summed E-state index contributed by atoms with van der Waals surface area (Å²) in [5.74, 6) is -1.19. The molecule has 0 heterocycles. The van der Waals surface area contributed by atoms with Gasteiger partial charge in [-0.3, -0.25) is 4.79 Å². The van der Waals surface area contributed by atoms with Crippen LogP contribution in [0.5, 0.6) is 0 Å². The molecular formula is C27H34N2O5S. The highest BCUT2D eigenvalue weighted by atomic mass is 32.2. The Kier molecular flexibility index (Phi) is 9.60. The molecule has 35 heavy (non-hydrogen) atoms. The number of thioether (sulfide) groups is 1. The summed E-state index contributed by atoms with van der Waals surface area (Å²) in [7, 11) is 0. The summed E-state index contributed by atoms with van der Waals surface area (Å²) in [5, 5.41) is 14.8. The Morgan fingerprint density at radius 3 is 2.17 bits per heavy atom. The molecule has 2 aromatic carbocycles. The molecule has 0 radical (unpaired) electrons. The van der Waals surface area contributed by atoms with Crippen LogP contribution in [0.4, 0.5) is 4.79 Å². The van der Waals surface area contributed by atoms with Crippen LogP contribution < -0.4 is 10.6 Å². The third-order valence-corrected chi connectivity index (χ3v) is 6.83. The van der Waals surface area contributed by atoms with E-state index in [0.29, 0.717) is 18.6 Å². The number of rotatable bonds is 12. The van der Waals surface area contributed by atoms with Gasteiger partial charge in [-0.15, -0.1) is 0 Å². The van der Waals surface area contributed by atoms with Gasteiger partial charge in [-0.1, -0.05) is 62.4 Å². The average molecular weight is 499 g/mol. The SMILES string of the molecule is CSCCC(NC(=O)C(CNC(=O)OCC1c2ccccc2-c2ccccc21)CC(C)C)C(=O)O. The molecule has 188 valence electrons. The smallest absolute Gasteiger partial charge is 0.407 e. The predicted molar refractivity (Wildman–Crippen MR) is 139 cm³/mol. The maximum Gasteiger partial charge on any atom is 0.407 e. The summed E-state index contributed by atoms with van der Waals surface area (Å²) < 4.78 is 5.57. The summed E-state index contributed by atoms with van der Waals surface area (Å²) in [6.07, 6.45) is 2.16. The highest BCUT2D eigenvalue weighted by Gasteiger charge is 2.30. The van der Waals surface area contributed by atoms with E-state index in [0.717, 1.165) is 22.3 Å². The van der Waals surface area contributed by atoms with E-state index in [-0.39, 0.29) is 30.9 Å². The standard InChI is InChI=1S/C27H34N2O5S/c1-17(2)14-18(25(30)29-24(26(31)32)12-13-35-3)15-28-27(33)34-16-23-21-10-6-4-8-19(21)20-9-5-7-11-22(20)23/h4-11,17-18,23-24H,12-16H2,1-3H3,(H,28,33)(H,29,30)(H,31,32). The van der Waals surface area contributed by atoms with Crippen LogP contribution in [-0.2, 0) is 14.3 Å². The fraction of sp³-hybridized carbons (Fsp3) is 0.444. The van der Waals surface area contributed by atoms with Crippen molar-refractivity contribution in [2.75, 3.05) is 25.2 Å². The Morgan fingerprint density at radius 2 is 1.63 bits per heavy atom. The van der Waals surface area contributed by atoms with Crippen LogP contribution in [0, 0.1) is 11.8 Å². The fourth-order valence-electron chi connectivity index (χ4n) is 4.49. The van der Waals surface area contributed by atoms with Gasteiger partial charge in [0.25, 0.3) is 0 Å². The minimum Gasteiger partial charge on any atom is -0.480 e. The van der Waals surface area contributed by atoms with Gasteiger partial charge in [-0.05, 0) is 53.0 Å². The number of carboxylic acid groups (broad SMARTS) is 1. The van der Waals surface area contributed by atoms with Crippen molar-refractivity contribution in [1.29, 1.82) is 0 Å². The third-order valence-electron chi connectivity index (χ3n) is 6.19. The van der Waals surface area contributed by atoms with Crippen LogP contribution in [0.1, 0.15) is 43.7 Å². The van der Waals surface area contributed by atoms with Crippen molar-refractivity contribution < 1.29 is 24.2 Å². The minimum absolute atomic E-state index is 0.0457. The maximum absolute atomic E-state index is 12.8. The van der Waals surface area contributed by atoms with Crippen molar-refractivity contribution in [3.8, 4) is 11.1 Å². The van der Waals surface area contributed by atoms with E-state index in [9.17, 15) is 19.5 Å². The molecule has 2 atom stereocenters. The predicted octanol–water partition coefficient (Wildman–Crippen LogP) is 4.51. The van der Waals surface area contributed by atoms with Gasteiger partial charge in [-0.25, -0.2) is 9.59 Å². The first-order valence-electron chi connectivity index (χ1n) is 11.9. The number of ether oxygens (including phenoxy) is 1. The zero-order valence-corrected chi connectivity index (χ0v) is 21.3. The Labute approximate surface area is 211 Å². The molecule has 0 aromatic heterocycles. The highest BCUT2D eigenvalue weighted by Crippen LogP contribution is 2.44. The van der Waals surface area contributed by atoms with Crippen LogP contribution >= 0.6 is 11.8 Å². The van der Waals surface area contributed by atoms with E-state index in [1.807, 2.05) is 44.4 Å². The lowest BCUT2D eigenvalue weighted by Crippen LogP contribution is -2.47. The third kappa shape index (κ3) is 7.01. The molecule has 7 nitrogen and oxygen atoms in total. The lowest BCUT2D eigenvalue weighted by Gasteiger charge is -2.22. The molecule has 2 aromatic rings. The summed E-state index contributed by atoms with van der Waals surface area (Å²) in [6.45, 7) is 4.23. The van der Waals surface area contributed by atoms with Gasteiger partial charge >= 0.3 is 12.1 Å². The minimum atomic E-state index is -1.06. The van der Waals surface area contributed by atoms with Crippen molar-refractivity contribution in [2.45, 2.75) is 38.6 Å². The second-order valence-corrected chi connectivity index (χ2v) is 10.2. The van der Waals surface area contributed by atoms with Crippen molar-refractivity contribution in [3.05, 3.63) is 59.7 Å². The van der Waals surface area contributed by atoms with E-state index < -0.39 is 24.0 Å². The lowest BCUT2D eigenvalue weighted by atomic mass is 9.95. The van der Waals surface area contributed by atoms with Crippen LogP contribution in [0.25, 0.3) is 11.1 Å². The number of nitrogens with one attached hydrogen (secondary N) is 2. The van der Waals surface area contributed by atoms with Gasteiger partial charge in [0.05, 0.1) is 5.92 Å². The lowest BCUT2D eigenvalue weighted by molar-refractivity contribution is -0.142. The van der Waals surface area contributed by atoms with E-state index in [1.165, 1.54) is 11.8 Å². The molecule has 0 saturated carbocycles. The fourth-order valence-corrected chi connectivity index (χ4v) is 4.96. The molecule has 3 N–H and O–H groups in total. The Balaban J connectivity index is 1.58.